The molecular weight excluding hydrogens is 362 g/mol. The number of carboxylic acids is 1. The molecule has 0 saturated heterocycles. The third kappa shape index (κ3) is 9.98. The number of phenolic OH excluding ortho intramolecular Hbond substituents is 1. The lowest BCUT2D eigenvalue weighted by Crippen LogP contribution is -2.61. The minimum absolute atomic E-state index is 0.0873. The Kier molecular flexibility index (Phi) is 10.4. The van der Waals surface area contributed by atoms with Crippen molar-refractivity contribution in [2.75, 3.05) is 0 Å². The molecule has 9 nitrogen and oxygen atoms in total. The summed E-state index contributed by atoms with van der Waals surface area (Å²) in [6.07, 6.45) is -1.92. The Labute approximate surface area is 166 Å². The van der Waals surface area contributed by atoms with Crippen LogP contribution < -0.4 is 27.0 Å². The Hall–Kier alpha value is -1.75. The van der Waals surface area contributed by atoms with E-state index in [0.717, 1.165) is 5.56 Å². The second kappa shape index (κ2) is 11.9. The molecule has 0 bridgehead atoms. The monoisotopic (exact) mass is 397 g/mol. The molecule has 0 aliphatic rings. The summed E-state index contributed by atoms with van der Waals surface area (Å²) in [6.45, 7) is 7.60. The van der Waals surface area contributed by atoms with E-state index < -0.39 is 18.4 Å². The zero-order chi connectivity index (χ0) is 21.3. The minimum Gasteiger partial charge on any atom is -0.508 e. The van der Waals surface area contributed by atoms with Gasteiger partial charge in [-0.15, -0.1) is 0 Å². The summed E-state index contributed by atoms with van der Waals surface area (Å²) in [5.74, 6) is -0.681. The summed E-state index contributed by atoms with van der Waals surface area (Å²) in [7, 11) is 0. The van der Waals surface area contributed by atoms with Crippen LogP contribution in [0.4, 0.5) is 0 Å². The first-order valence-corrected chi connectivity index (χ1v) is 9.54. The normalized spacial score (nSPS) is 17.1. The Morgan fingerprint density at radius 1 is 1.04 bits per heavy atom. The number of nitrogens with one attached hydrogen (secondary N) is 4. The number of hydrogen-bond acceptors (Lipinski definition) is 8. The van der Waals surface area contributed by atoms with Gasteiger partial charge in [0.05, 0.1) is 31.1 Å². The van der Waals surface area contributed by atoms with Gasteiger partial charge in [-0.05, 0) is 37.5 Å². The average molecular weight is 398 g/mol. The molecule has 5 atom stereocenters. The van der Waals surface area contributed by atoms with E-state index >= 15 is 0 Å². The molecule has 0 radical (unpaired) electrons. The number of nitrogens with two attached hydrogens (primary N) is 1. The standard InChI is InChI=1S/C19H35N5O4/c1-11(2)19(24-17(26)9-14-5-7-15(25)8-6-14)23-16(10-18(27)28)22-13(4)21-12(3)20/h5-8,11-13,16-17,19,21-26H,9-10,20H2,1-4H3,(H,27,28). The summed E-state index contributed by atoms with van der Waals surface area (Å²) in [6, 6.07) is 6.63. The number of carboxylic acid groups (broad SMARTS) is 1. The zero-order valence-corrected chi connectivity index (χ0v) is 17.0. The van der Waals surface area contributed by atoms with Gasteiger partial charge in [0.2, 0.25) is 0 Å². The highest BCUT2D eigenvalue weighted by atomic mass is 16.4. The smallest absolute Gasteiger partial charge is 0.306 e. The van der Waals surface area contributed by atoms with Crippen molar-refractivity contribution in [1.29, 1.82) is 0 Å². The van der Waals surface area contributed by atoms with Gasteiger partial charge in [-0.2, -0.15) is 0 Å². The number of aliphatic hydroxyl groups excluding tert-OH is 1. The van der Waals surface area contributed by atoms with E-state index in [0.29, 0.717) is 6.42 Å². The van der Waals surface area contributed by atoms with Crippen molar-refractivity contribution in [1.82, 2.24) is 21.3 Å². The van der Waals surface area contributed by atoms with Crippen molar-refractivity contribution in [2.45, 2.75) is 71.4 Å². The van der Waals surface area contributed by atoms with E-state index in [-0.39, 0.29) is 36.6 Å². The minimum atomic E-state index is -0.940. The lowest BCUT2D eigenvalue weighted by Gasteiger charge is -2.33. The van der Waals surface area contributed by atoms with Crippen LogP contribution in [0.5, 0.6) is 5.75 Å². The largest absolute Gasteiger partial charge is 0.508 e. The number of aromatic hydroxyl groups is 1. The van der Waals surface area contributed by atoms with E-state index in [4.69, 9.17) is 5.73 Å². The van der Waals surface area contributed by atoms with E-state index in [2.05, 4.69) is 21.3 Å². The van der Waals surface area contributed by atoms with Crippen LogP contribution in [0.25, 0.3) is 0 Å². The number of aliphatic hydroxyl groups is 1. The van der Waals surface area contributed by atoms with Crippen LogP contribution in [0.15, 0.2) is 24.3 Å². The van der Waals surface area contributed by atoms with Crippen molar-refractivity contribution < 1.29 is 20.1 Å². The van der Waals surface area contributed by atoms with Crippen LogP contribution in [0.1, 0.15) is 39.7 Å². The van der Waals surface area contributed by atoms with Crippen LogP contribution in [-0.4, -0.2) is 52.2 Å². The quantitative estimate of drug-likeness (QED) is 0.216. The highest BCUT2D eigenvalue weighted by molar-refractivity contribution is 5.67. The Bertz CT molecular complexity index is 582. The predicted molar refractivity (Wildman–Crippen MR) is 108 cm³/mol. The molecule has 9 N–H and O–H groups in total. The van der Waals surface area contributed by atoms with E-state index in [9.17, 15) is 20.1 Å². The number of aliphatic carboxylic acids is 1. The van der Waals surface area contributed by atoms with Gasteiger partial charge in [0.25, 0.3) is 0 Å². The van der Waals surface area contributed by atoms with Gasteiger partial charge in [0.15, 0.2) is 0 Å². The zero-order valence-electron chi connectivity index (χ0n) is 17.0. The lowest BCUT2D eigenvalue weighted by molar-refractivity contribution is -0.137. The maximum Gasteiger partial charge on any atom is 0.306 e. The Balaban J connectivity index is 2.71. The molecular formula is C19H35N5O4. The highest BCUT2D eigenvalue weighted by Crippen LogP contribution is 2.11. The second-order valence-electron chi connectivity index (χ2n) is 7.44. The van der Waals surface area contributed by atoms with Gasteiger partial charge >= 0.3 is 5.97 Å². The first-order valence-electron chi connectivity index (χ1n) is 9.54. The van der Waals surface area contributed by atoms with E-state index in [1.165, 1.54) is 0 Å². The molecule has 1 rings (SSSR count). The maximum absolute atomic E-state index is 11.2. The average Bonchev–Trinajstić information content (AvgIpc) is 2.54. The van der Waals surface area contributed by atoms with Crippen LogP contribution in [0.3, 0.4) is 0 Å². The molecule has 0 spiro atoms. The Morgan fingerprint density at radius 3 is 2.14 bits per heavy atom. The van der Waals surface area contributed by atoms with Crippen molar-refractivity contribution in [3.05, 3.63) is 29.8 Å². The fraction of sp³-hybridized carbons (Fsp3) is 0.632. The summed E-state index contributed by atoms with van der Waals surface area (Å²) in [5.41, 5.74) is 6.59. The summed E-state index contributed by atoms with van der Waals surface area (Å²) in [5, 5.41) is 41.5. The molecule has 1 aromatic carbocycles. The van der Waals surface area contributed by atoms with E-state index in [1.807, 2.05) is 20.8 Å². The van der Waals surface area contributed by atoms with Crippen LogP contribution in [-0.2, 0) is 11.2 Å². The molecule has 0 aromatic heterocycles. The number of hydrogen-bond donors (Lipinski definition) is 8. The number of rotatable bonds is 13. The lowest BCUT2D eigenvalue weighted by atomic mass is 10.1. The summed E-state index contributed by atoms with van der Waals surface area (Å²) >= 11 is 0. The molecule has 0 fully saturated rings. The topological polar surface area (TPSA) is 152 Å². The number of carbonyl (C=O) groups is 1. The van der Waals surface area contributed by atoms with Gasteiger partial charge in [-0.1, -0.05) is 26.0 Å². The molecule has 1 aromatic rings. The Morgan fingerprint density at radius 2 is 1.64 bits per heavy atom. The van der Waals surface area contributed by atoms with Gasteiger partial charge in [0.1, 0.15) is 12.0 Å². The van der Waals surface area contributed by atoms with Gasteiger partial charge in [0, 0.05) is 6.42 Å². The van der Waals surface area contributed by atoms with Crippen LogP contribution in [0, 0.1) is 5.92 Å². The molecule has 0 aliphatic heterocycles. The summed E-state index contributed by atoms with van der Waals surface area (Å²) < 4.78 is 0. The van der Waals surface area contributed by atoms with Crippen LogP contribution in [0.2, 0.25) is 0 Å². The van der Waals surface area contributed by atoms with Gasteiger partial charge in [-0.3, -0.25) is 26.1 Å². The first kappa shape index (κ1) is 24.3. The SMILES string of the molecule is CC(N)NC(C)NC(CC(=O)O)NC(NC(O)Cc1ccc(O)cc1)C(C)C. The molecule has 9 heteroatoms. The van der Waals surface area contributed by atoms with Gasteiger partial charge in [-0.25, -0.2) is 0 Å². The maximum atomic E-state index is 11.2. The molecule has 28 heavy (non-hydrogen) atoms. The third-order valence-electron chi connectivity index (χ3n) is 4.13. The fourth-order valence-electron chi connectivity index (χ4n) is 2.86. The number of benzene rings is 1. The fourth-order valence-corrected chi connectivity index (χ4v) is 2.86. The molecule has 0 heterocycles. The van der Waals surface area contributed by atoms with E-state index in [1.54, 1.807) is 31.2 Å². The van der Waals surface area contributed by atoms with Crippen molar-refractivity contribution in [3.8, 4) is 5.75 Å². The molecule has 5 unspecified atom stereocenters. The third-order valence-corrected chi connectivity index (χ3v) is 4.13. The van der Waals surface area contributed by atoms with Crippen molar-refractivity contribution in [3.63, 3.8) is 0 Å². The van der Waals surface area contributed by atoms with Crippen LogP contribution >= 0.6 is 0 Å². The molecule has 160 valence electrons. The predicted octanol–water partition coefficient (Wildman–Crippen LogP) is 0.0451. The van der Waals surface area contributed by atoms with Gasteiger partial charge < -0.3 is 21.1 Å². The first-order chi connectivity index (χ1) is 13.1. The summed E-state index contributed by atoms with van der Waals surface area (Å²) in [4.78, 5) is 11.2. The molecule has 0 amide bonds. The van der Waals surface area contributed by atoms with Crippen molar-refractivity contribution >= 4 is 5.97 Å². The molecule has 0 aliphatic carbocycles. The number of phenols is 1. The second-order valence-corrected chi connectivity index (χ2v) is 7.44. The molecule has 0 saturated carbocycles. The highest BCUT2D eigenvalue weighted by Gasteiger charge is 2.23. The van der Waals surface area contributed by atoms with Crippen molar-refractivity contribution in [2.24, 2.45) is 11.7 Å².